The van der Waals surface area contributed by atoms with Crippen LogP contribution in [-0.2, 0) is 14.3 Å². The Labute approximate surface area is 219 Å². The maximum absolute atomic E-state index is 12.1. The largest absolute Gasteiger partial charge is 0.463 e. The molecular weight excluding hydrogens is 476 g/mol. The van der Waals surface area contributed by atoms with E-state index in [-0.39, 0.29) is 18.6 Å². The Morgan fingerprint density at radius 1 is 0.973 bits per heavy atom. The van der Waals surface area contributed by atoms with Crippen LogP contribution in [0.3, 0.4) is 0 Å². The minimum Gasteiger partial charge on any atom is -0.463 e. The molecule has 0 saturated carbocycles. The van der Waals surface area contributed by atoms with Gasteiger partial charge in [-0.1, -0.05) is 70.4 Å². The minimum atomic E-state index is -1.41. The fraction of sp³-hybridized carbons (Fsp3) is 0.750. The number of rotatable bonds is 18. The number of H-pyrrole nitrogens is 1. The van der Waals surface area contributed by atoms with E-state index in [1.165, 1.54) is 70.9 Å². The van der Waals surface area contributed by atoms with Crippen molar-refractivity contribution < 1.29 is 24.5 Å². The molecule has 3 N–H and O–H groups in total. The summed E-state index contributed by atoms with van der Waals surface area (Å²) in [7, 11) is 0. The lowest BCUT2D eigenvalue weighted by Crippen LogP contribution is -2.38. The molecule has 1 aromatic heterocycles. The summed E-state index contributed by atoms with van der Waals surface area (Å²) in [6.07, 6.45) is 16.6. The third-order valence-electron chi connectivity index (χ3n) is 6.81. The molecule has 1 saturated heterocycles. The van der Waals surface area contributed by atoms with Gasteiger partial charge in [0.25, 0.3) is 5.56 Å². The number of ether oxygens (including phenoxy) is 2. The molecule has 0 amide bonds. The normalized spacial score (nSPS) is 21.6. The smallest absolute Gasteiger partial charge is 0.330 e. The van der Waals surface area contributed by atoms with E-state index in [0.717, 1.165) is 23.8 Å². The first-order valence-electron chi connectivity index (χ1n) is 14.0. The highest BCUT2D eigenvalue weighted by Gasteiger charge is 2.44. The molecule has 2 heterocycles. The molecule has 0 spiro atoms. The van der Waals surface area contributed by atoms with Gasteiger partial charge in [-0.15, -0.1) is 0 Å². The van der Waals surface area contributed by atoms with Gasteiger partial charge in [0.1, 0.15) is 24.9 Å². The quantitative estimate of drug-likeness (QED) is 0.151. The van der Waals surface area contributed by atoms with Gasteiger partial charge in [0, 0.05) is 18.2 Å². The second-order valence-corrected chi connectivity index (χ2v) is 10.0. The third kappa shape index (κ3) is 11.0. The zero-order valence-electron chi connectivity index (χ0n) is 22.5. The molecule has 1 aromatic rings. The molecule has 2 rings (SSSR count). The molecule has 9 heteroatoms. The van der Waals surface area contributed by atoms with Gasteiger partial charge in [-0.3, -0.25) is 19.1 Å². The van der Waals surface area contributed by atoms with Gasteiger partial charge in [0.2, 0.25) is 0 Å². The van der Waals surface area contributed by atoms with Crippen LogP contribution < -0.4 is 11.2 Å². The molecule has 210 valence electrons. The number of aliphatic hydroxyl groups excluding tert-OH is 2. The van der Waals surface area contributed by atoms with Crippen LogP contribution in [0.4, 0.5) is 0 Å². The van der Waals surface area contributed by atoms with Crippen molar-refractivity contribution in [2.24, 2.45) is 0 Å². The highest BCUT2D eigenvalue weighted by atomic mass is 16.6. The van der Waals surface area contributed by atoms with Crippen LogP contribution in [0, 0.1) is 6.92 Å². The van der Waals surface area contributed by atoms with Gasteiger partial charge in [0.05, 0.1) is 0 Å². The zero-order chi connectivity index (χ0) is 27.0. The zero-order valence-corrected chi connectivity index (χ0v) is 22.5. The highest BCUT2D eigenvalue weighted by molar-refractivity contribution is 5.69. The van der Waals surface area contributed by atoms with Crippen molar-refractivity contribution in [2.45, 2.75) is 128 Å². The van der Waals surface area contributed by atoms with Crippen LogP contribution in [0.5, 0.6) is 0 Å². The molecule has 0 aliphatic carbocycles. The number of hydrogen-bond donors (Lipinski definition) is 3. The molecule has 1 fully saturated rings. The maximum Gasteiger partial charge on any atom is 0.330 e. The first-order valence-corrected chi connectivity index (χ1v) is 14.0. The lowest BCUT2D eigenvalue weighted by atomic mass is 10.1. The van der Waals surface area contributed by atoms with Crippen LogP contribution >= 0.6 is 0 Å². The predicted molar refractivity (Wildman–Crippen MR) is 142 cm³/mol. The van der Waals surface area contributed by atoms with Crippen LogP contribution in [0.2, 0.25) is 0 Å². The number of aromatic amines is 1. The second kappa shape index (κ2) is 17.3. The standard InChI is InChI=1S/C28H46N2O7/c1-3-4-5-6-7-8-9-10-11-12-13-14-15-16-17-18-23(31)36-20-22-24(32)25(33)27(37-22)30-19-21(2)26(34)29-28(30)35/h13-14,19,22,24-25,27,32-33H,3-12,15-18,20H2,1-2H3,(H,29,34,35)/t22-,24-,25+,27-/m1/s1. The Morgan fingerprint density at radius 3 is 2.22 bits per heavy atom. The molecule has 0 bridgehead atoms. The topological polar surface area (TPSA) is 131 Å². The van der Waals surface area contributed by atoms with E-state index in [2.05, 4.69) is 24.1 Å². The van der Waals surface area contributed by atoms with E-state index in [0.29, 0.717) is 6.42 Å². The van der Waals surface area contributed by atoms with Crippen LogP contribution in [0.25, 0.3) is 0 Å². The van der Waals surface area contributed by atoms with Gasteiger partial charge in [-0.25, -0.2) is 4.79 Å². The number of nitrogens with one attached hydrogen (secondary N) is 1. The Kier molecular flexibility index (Phi) is 14.5. The second-order valence-electron chi connectivity index (χ2n) is 10.0. The average molecular weight is 523 g/mol. The van der Waals surface area contributed by atoms with E-state index < -0.39 is 41.8 Å². The van der Waals surface area contributed by atoms with Crippen molar-refractivity contribution in [3.05, 3.63) is 44.8 Å². The number of esters is 1. The molecule has 0 unspecified atom stereocenters. The Bertz CT molecular complexity index is 939. The number of aryl methyl sites for hydroxylation is 1. The lowest BCUT2D eigenvalue weighted by molar-refractivity contribution is -0.150. The number of aliphatic hydroxyl groups is 2. The number of aromatic nitrogens is 2. The van der Waals surface area contributed by atoms with E-state index in [1.807, 2.05) is 0 Å². The van der Waals surface area contributed by atoms with E-state index >= 15 is 0 Å². The first-order chi connectivity index (χ1) is 17.8. The van der Waals surface area contributed by atoms with E-state index in [9.17, 15) is 24.6 Å². The Morgan fingerprint density at radius 2 is 1.57 bits per heavy atom. The molecular formula is C28H46N2O7. The van der Waals surface area contributed by atoms with Gasteiger partial charge in [-0.05, 0) is 39.0 Å². The molecule has 1 aliphatic heterocycles. The Balaban J connectivity index is 1.54. The molecule has 0 aromatic carbocycles. The maximum atomic E-state index is 12.1. The van der Waals surface area contributed by atoms with E-state index in [4.69, 9.17) is 9.47 Å². The van der Waals surface area contributed by atoms with Crippen molar-refractivity contribution >= 4 is 5.97 Å². The number of nitrogens with zero attached hydrogens (tertiary/aromatic N) is 1. The fourth-order valence-corrected chi connectivity index (χ4v) is 4.46. The van der Waals surface area contributed by atoms with Crippen molar-refractivity contribution in [2.75, 3.05) is 6.61 Å². The van der Waals surface area contributed by atoms with Gasteiger partial charge in [-0.2, -0.15) is 0 Å². The number of carbonyl (C=O) groups is 1. The summed E-state index contributed by atoms with van der Waals surface area (Å²) in [5.74, 6) is -0.399. The molecule has 4 atom stereocenters. The predicted octanol–water partition coefficient (Wildman–Crippen LogP) is 4.04. The van der Waals surface area contributed by atoms with Crippen LogP contribution in [-0.4, -0.2) is 50.7 Å². The lowest BCUT2D eigenvalue weighted by Gasteiger charge is -2.17. The highest BCUT2D eigenvalue weighted by Crippen LogP contribution is 2.28. The van der Waals surface area contributed by atoms with E-state index in [1.54, 1.807) is 0 Å². The first kappa shape index (κ1) is 31.0. The van der Waals surface area contributed by atoms with Crippen LogP contribution in [0.15, 0.2) is 27.9 Å². The summed E-state index contributed by atoms with van der Waals surface area (Å²) in [5, 5.41) is 20.6. The number of unbranched alkanes of at least 4 members (excludes halogenated alkanes) is 11. The van der Waals surface area contributed by atoms with Gasteiger partial charge in [0.15, 0.2) is 6.23 Å². The average Bonchev–Trinajstić information content (AvgIpc) is 3.15. The summed E-state index contributed by atoms with van der Waals surface area (Å²) in [6, 6.07) is 0. The van der Waals surface area contributed by atoms with Crippen molar-refractivity contribution in [1.29, 1.82) is 0 Å². The molecule has 37 heavy (non-hydrogen) atoms. The SMILES string of the molecule is CCCCCCCCCCCC=CCCCCC(=O)OC[C@H]1O[C@@H](n2cc(C)c(=O)[nH]c2=O)[C@@H](O)[C@@H]1O. The number of carbonyl (C=O) groups excluding carboxylic acids is 1. The summed E-state index contributed by atoms with van der Waals surface area (Å²) in [6.45, 7) is 3.53. The van der Waals surface area contributed by atoms with Gasteiger partial charge >= 0.3 is 11.7 Å². The monoisotopic (exact) mass is 522 g/mol. The van der Waals surface area contributed by atoms with Crippen molar-refractivity contribution in [3.63, 3.8) is 0 Å². The summed E-state index contributed by atoms with van der Waals surface area (Å²) in [5.41, 5.74) is -1.03. The number of hydrogen-bond acceptors (Lipinski definition) is 7. The minimum absolute atomic E-state index is 0.233. The summed E-state index contributed by atoms with van der Waals surface area (Å²) < 4.78 is 11.8. The van der Waals surface area contributed by atoms with Gasteiger partial charge < -0.3 is 19.7 Å². The summed E-state index contributed by atoms with van der Waals surface area (Å²) in [4.78, 5) is 37.8. The summed E-state index contributed by atoms with van der Waals surface area (Å²) >= 11 is 0. The molecule has 9 nitrogen and oxygen atoms in total. The Hall–Kier alpha value is -2.23. The third-order valence-corrected chi connectivity index (χ3v) is 6.81. The number of allylic oxidation sites excluding steroid dienone is 2. The van der Waals surface area contributed by atoms with Crippen molar-refractivity contribution in [1.82, 2.24) is 9.55 Å². The fourth-order valence-electron chi connectivity index (χ4n) is 4.46. The van der Waals surface area contributed by atoms with Crippen LogP contribution in [0.1, 0.15) is 109 Å². The molecule has 0 radical (unpaired) electrons. The molecule has 1 aliphatic rings. The van der Waals surface area contributed by atoms with Crippen molar-refractivity contribution in [3.8, 4) is 0 Å².